The van der Waals surface area contributed by atoms with Gasteiger partial charge in [-0.2, -0.15) is 0 Å². The fourth-order valence-electron chi connectivity index (χ4n) is 0.248. The van der Waals surface area contributed by atoms with Gasteiger partial charge in [0.1, 0.15) is 0 Å². The number of carbonyl (C=O) groups is 6. The average molecular weight is 429 g/mol. The fraction of sp³-hybridized carbons (Fsp3) is 0.500. The monoisotopic (exact) mass is 429 g/mol. The Labute approximate surface area is 246 Å². The van der Waals surface area contributed by atoms with Gasteiger partial charge in [0.2, 0.25) is 11.8 Å². The van der Waals surface area contributed by atoms with E-state index < -0.39 is 23.9 Å². The maximum Gasteiger partial charge on any atom is 1.00 e. The molecule has 15 heteroatoms. The van der Waals surface area contributed by atoms with E-state index in [4.69, 9.17) is 39.6 Å². The maximum atomic E-state index is 9.92. The van der Waals surface area contributed by atoms with E-state index in [0.29, 0.717) is 0 Å². The summed E-state index contributed by atoms with van der Waals surface area (Å²) in [6, 6.07) is 0. The van der Waals surface area contributed by atoms with E-state index in [1.54, 1.807) is 0 Å². The van der Waals surface area contributed by atoms with E-state index >= 15 is 0 Å². The Morgan fingerprint density at radius 3 is 0.519 bits per heavy atom. The first-order chi connectivity index (χ1) is 10.1. The Bertz CT molecular complexity index is 330. The minimum Gasteiger partial charge on any atom is -0.550 e. The van der Waals surface area contributed by atoms with Crippen LogP contribution in [0.4, 0.5) is 0 Å². The van der Waals surface area contributed by atoms with E-state index in [1.165, 1.54) is 13.8 Å². The van der Waals surface area contributed by atoms with Gasteiger partial charge in [-0.25, -0.2) is 0 Å². The molecule has 2 amide bonds. The summed E-state index contributed by atoms with van der Waals surface area (Å²) in [5.41, 5.74) is 0. The van der Waals surface area contributed by atoms with Gasteiger partial charge in [-0.3, -0.25) is 14.9 Å². The minimum absolute atomic E-state index is 0. The van der Waals surface area contributed by atoms with E-state index in [9.17, 15) is 9.59 Å². The van der Waals surface area contributed by atoms with Crippen LogP contribution >= 0.6 is 0 Å². The SMILES string of the molecule is CC(=O)NC(C)=O.CC(=O)[O-].CC(=O)[O-].CC(=O)[O-].CC(=O)[O-].[Na+].[Na+].[Na+].[Na+]. The predicted molar refractivity (Wildman–Crippen MR) is 67.2 cm³/mol. The molecule has 0 radical (unpaired) electrons. The molecule has 11 nitrogen and oxygen atoms in total. The molecular formula is C12H19NNa4O10. The van der Waals surface area contributed by atoms with Crippen LogP contribution in [0.15, 0.2) is 0 Å². The Kier molecular flexibility index (Phi) is 95.6. The Morgan fingerprint density at radius 2 is 0.519 bits per heavy atom. The summed E-state index contributed by atoms with van der Waals surface area (Å²) in [6.07, 6.45) is 0. The van der Waals surface area contributed by atoms with Gasteiger partial charge in [0.15, 0.2) is 0 Å². The summed E-state index contributed by atoms with van der Waals surface area (Å²) in [5.74, 6) is -4.96. The predicted octanol–water partition coefficient (Wildman–Crippen LogP) is -17.3. The second kappa shape index (κ2) is 45.6. The van der Waals surface area contributed by atoms with E-state index in [-0.39, 0.29) is 130 Å². The van der Waals surface area contributed by atoms with E-state index in [1.807, 2.05) is 5.32 Å². The van der Waals surface area contributed by atoms with Crippen molar-refractivity contribution in [1.82, 2.24) is 5.32 Å². The van der Waals surface area contributed by atoms with Gasteiger partial charge in [-0.15, -0.1) is 0 Å². The number of amides is 2. The van der Waals surface area contributed by atoms with Crippen molar-refractivity contribution in [1.29, 1.82) is 0 Å². The van der Waals surface area contributed by atoms with Gasteiger partial charge in [-0.05, 0) is 27.7 Å². The van der Waals surface area contributed by atoms with Crippen LogP contribution in [0.3, 0.4) is 0 Å². The number of aliphatic carboxylic acids is 4. The summed E-state index contributed by atoms with van der Waals surface area (Å²) >= 11 is 0. The van der Waals surface area contributed by atoms with Gasteiger partial charge in [-0.1, -0.05) is 0 Å². The number of imide groups is 1. The molecule has 0 aliphatic rings. The first-order valence-corrected chi connectivity index (χ1v) is 5.54. The number of nitrogens with one attached hydrogen (secondary N) is 1. The molecule has 0 atom stereocenters. The molecule has 0 aromatic heterocycles. The molecule has 0 unspecified atom stereocenters. The van der Waals surface area contributed by atoms with Gasteiger partial charge < -0.3 is 39.6 Å². The van der Waals surface area contributed by atoms with Crippen LogP contribution in [-0.4, -0.2) is 35.7 Å². The van der Waals surface area contributed by atoms with Crippen molar-refractivity contribution in [3.05, 3.63) is 0 Å². The smallest absolute Gasteiger partial charge is 0.550 e. The molecule has 0 aliphatic carbocycles. The minimum atomic E-state index is -1.08. The molecule has 27 heavy (non-hydrogen) atoms. The third-order valence-corrected chi connectivity index (χ3v) is 0.352. The molecule has 0 aliphatic heterocycles. The molecule has 0 saturated heterocycles. The van der Waals surface area contributed by atoms with Crippen molar-refractivity contribution in [3.8, 4) is 0 Å². The van der Waals surface area contributed by atoms with Crippen LogP contribution in [0.25, 0.3) is 0 Å². The number of carbonyl (C=O) groups excluding carboxylic acids is 6. The second-order valence-corrected chi connectivity index (χ2v) is 3.20. The molecule has 136 valence electrons. The van der Waals surface area contributed by atoms with Crippen LogP contribution < -0.4 is 144 Å². The van der Waals surface area contributed by atoms with Crippen LogP contribution in [0.5, 0.6) is 0 Å². The molecule has 0 saturated carbocycles. The zero-order valence-electron chi connectivity index (χ0n) is 17.6. The summed E-state index contributed by atoms with van der Waals surface area (Å²) in [6.45, 7) is 6.48. The van der Waals surface area contributed by atoms with Crippen molar-refractivity contribution < 1.29 is 167 Å². The summed E-state index contributed by atoms with van der Waals surface area (Å²) in [7, 11) is 0. The topological polar surface area (TPSA) is 207 Å². The molecule has 0 fully saturated rings. The molecule has 0 aromatic rings. The van der Waals surface area contributed by atoms with Crippen LogP contribution in [0.2, 0.25) is 0 Å². The summed E-state index contributed by atoms with van der Waals surface area (Å²) < 4.78 is 0. The van der Waals surface area contributed by atoms with Crippen molar-refractivity contribution in [2.75, 3.05) is 0 Å². The normalized spacial score (nSPS) is 5.70. The molecular weight excluding hydrogens is 410 g/mol. The summed E-state index contributed by atoms with van der Waals surface area (Å²) in [4.78, 5) is 55.4. The molecule has 0 rings (SSSR count). The first-order valence-electron chi connectivity index (χ1n) is 5.54. The van der Waals surface area contributed by atoms with Crippen LogP contribution in [0, 0.1) is 0 Å². The van der Waals surface area contributed by atoms with Crippen molar-refractivity contribution in [2.24, 2.45) is 0 Å². The molecule has 0 heterocycles. The fourth-order valence-corrected chi connectivity index (χ4v) is 0.248. The number of carboxylic acids is 4. The largest absolute Gasteiger partial charge is 1.00 e. The average Bonchev–Trinajstić information content (AvgIpc) is 2.09. The number of carboxylic acid groups (broad SMARTS) is 4. The maximum absolute atomic E-state index is 9.92. The zero-order chi connectivity index (χ0) is 20.2. The van der Waals surface area contributed by atoms with Crippen molar-refractivity contribution in [3.63, 3.8) is 0 Å². The second-order valence-electron chi connectivity index (χ2n) is 3.20. The molecule has 0 bridgehead atoms. The first kappa shape index (κ1) is 56.5. The Hall–Kier alpha value is 1.02. The van der Waals surface area contributed by atoms with Crippen molar-refractivity contribution in [2.45, 2.75) is 41.5 Å². The zero-order valence-corrected chi connectivity index (χ0v) is 25.6. The molecule has 1 N–H and O–H groups in total. The van der Waals surface area contributed by atoms with Crippen molar-refractivity contribution >= 4 is 35.7 Å². The van der Waals surface area contributed by atoms with Crippen LogP contribution in [0.1, 0.15) is 41.5 Å². The number of rotatable bonds is 0. The van der Waals surface area contributed by atoms with E-state index in [0.717, 1.165) is 27.7 Å². The molecule has 0 aromatic carbocycles. The standard InChI is InChI=1S/C4H7NO2.4C2H4O2.4Na/c1-3(6)5-4(2)7;4*1-2(3)4;;;;/h1-2H3,(H,5,6,7);4*1H3,(H,3,4);;;;/q;;;;;4*+1/p-4. The quantitative estimate of drug-likeness (QED) is 0.360. The molecule has 0 spiro atoms. The van der Waals surface area contributed by atoms with E-state index in [2.05, 4.69) is 0 Å². The van der Waals surface area contributed by atoms with Gasteiger partial charge >= 0.3 is 118 Å². The summed E-state index contributed by atoms with van der Waals surface area (Å²) in [5, 5.41) is 37.6. The van der Waals surface area contributed by atoms with Gasteiger partial charge in [0.05, 0.1) is 0 Å². The number of hydrogen-bond acceptors (Lipinski definition) is 10. The number of hydrogen-bond donors (Lipinski definition) is 1. The van der Waals surface area contributed by atoms with Crippen LogP contribution in [-0.2, 0) is 28.8 Å². The Morgan fingerprint density at radius 1 is 0.444 bits per heavy atom. The van der Waals surface area contributed by atoms with Gasteiger partial charge in [0, 0.05) is 37.7 Å². The Balaban J connectivity index is -0.0000000211. The van der Waals surface area contributed by atoms with Gasteiger partial charge in [0.25, 0.3) is 0 Å². The third-order valence-electron chi connectivity index (χ3n) is 0.352. The third kappa shape index (κ3) is 671.